The maximum absolute atomic E-state index is 11.3. The Bertz CT molecular complexity index is 386. The molecule has 0 radical (unpaired) electrons. The number of hydrogen-bond acceptors (Lipinski definition) is 4. The van der Waals surface area contributed by atoms with Crippen LogP contribution in [0.3, 0.4) is 0 Å². The van der Waals surface area contributed by atoms with Gasteiger partial charge in [-0.15, -0.1) is 0 Å². The lowest BCUT2D eigenvalue weighted by molar-refractivity contribution is 0.0593. The summed E-state index contributed by atoms with van der Waals surface area (Å²) < 4.78 is 4.61. The van der Waals surface area contributed by atoms with Crippen LogP contribution in [0.15, 0.2) is 0 Å². The van der Waals surface area contributed by atoms with Crippen LogP contribution in [0, 0.1) is 20.8 Å². The van der Waals surface area contributed by atoms with E-state index in [9.17, 15) is 4.79 Å². The summed E-state index contributed by atoms with van der Waals surface area (Å²) in [7, 11) is 1.33. The number of carbonyl (C=O) groups is 1. The van der Waals surface area contributed by atoms with Gasteiger partial charge in [-0.1, -0.05) is 0 Å². The van der Waals surface area contributed by atoms with Gasteiger partial charge in [0.1, 0.15) is 0 Å². The van der Waals surface area contributed by atoms with Gasteiger partial charge in [-0.3, -0.25) is 0 Å². The summed E-state index contributed by atoms with van der Waals surface area (Å²) in [6, 6.07) is 0. The summed E-state index contributed by atoms with van der Waals surface area (Å²) in [5.41, 5.74) is 9.09. The summed E-state index contributed by atoms with van der Waals surface area (Å²) in [5, 5.41) is 0. The van der Waals surface area contributed by atoms with Crippen molar-refractivity contribution < 1.29 is 9.53 Å². The minimum Gasteiger partial charge on any atom is -0.464 e. The van der Waals surface area contributed by atoms with E-state index in [0.29, 0.717) is 16.9 Å². The number of nitrogen functional groups attached to an aromatic ring is 1. The predicted molar refractivity (Wildman–Crippen MR) is 54.2 cm³/mol. The largest absolute Gasteiger partial charge is 0.464 e. The lowest BCUT2D eigenvalue weighted by atomic mass is 10.1. The van der Waals surface area contributed by atoms with Gasteiger partial charge in [-0.2, -0.15) is 0 Å². The first-order valence-electron chi connectivity index (χ1n) is 4.30. The van der Waals surface area contributed by atoms with Crippen molar-refractivity contribution in [2.75, 3.05) is 12.8 Å². The number of esters is 1. The van der Waals surface area contributed by atoms with Gasteiger partial charge >= 0.3 is 5.97 Å². The molecule has 0 atom stereocenters. The fourth-order valence-corrected chi connectivity index (χ4v) is 1.23. The van der Waals surface area contributed by atoms with Crippen molar-refractivity contribution in [2.24, 2.45) is 0 Å². The molecule has 0 saturated carbocycles. The molecule has 1 rings (SSSR count). The van der Waals surface area contributed by atoms with Gasteiger partial charge in [0.05, 0.1) is 7.11 Å². The number of nitrogens with zero attached hydrogens (tertiary/aromatic N) is 1. The van der Waals surface area contributed by atoms with Crippen molar-refractivity contribution in [3.63, 3.8) is 0 Å². The number of ether oxygens (including phenoxy) is 1. The molecule has 0 bridgehead atoms. The van der Waals surface area contributed by atoms with Crippen molar-refractivity contribution in [2.45, 2.75) is 20.8 Å². The van der Waals surface area contributed by atoms with Crippen molar-refractivity contribution in [1.82, 2.24) is 4.98 Å². The molecule has 2 N–H and O–H groups in total. The zero-order valence-electron chi connectivity index (χ0n) is 8.84. The van der Waals surface area contributed by atoms with E-state index < -0.39 is 5.97 Å². The van der Waals surface area contributed by atoms with Crippen molar-refractivity contribution >= 4 is 11.7 Å². The van der Waals surface area contributed by atoms with Gasteiger partial charge in [0, 0.05) is 16.9 Å². The Labute approximate surface area is 83.1 Å². The number of methoxy groups -OCH3 is 1. The minimum atomic E-state index is -0.447. The van der Waals surface area contributed by atoms with E-state index in [0.717, 1.165) is 11.3 Å². The summed E-state index contributed by atoms with van der Waals surface area (Å²) >= 11 is 0. The Hall–Kier alpha value is -1.58. The van der Waals surface area contributed by atoms with Crippen LogP contribution in [0.5, 0.6) is 0 Å². The van der Waals surface area contributed by atoms with Gasteiger partial charge in [-0.05, 0) is 26.3 Å². The molecule has 0 fully saturated rings. The molecule has 1 heterocycles. The molecule has 0 spiro atoms. The Morgan fingerprint density at radius 2 is 1.86 bits per heavy atom. The lowest BCUT2D eigenvalue weighted by Crippen LogP contribution is -2.11. The minimum absolute atomic E-state index is 0.299. The highest BCUT2D eigenvalue weighted by atomic mass is 16.5. The molecule has 14 heavy (non-hydrogen) atoms. The number of pyridine rings is 1. The van der Waals surface area contributed by atoms with E-state index >= 15 is 0 Å². The molecular weight excluding hydrogens is 180 g/mol. The van der Waals surface area contributed by atoms with Gasteiger partial charge in [0.15, 0.2) is 5.69 Å². The highest BCUT2D eigenvalue weighted by Gasteiger charge is 2.15. The molecule has 0 aliphatic rings. The summed E-state index contributed by atoms with van der Waals surface area (Å²) in [4.78, 5) is 15.5. The molecule has 76 valence electrons. The fourth-order valence-electron chi connectivity index (χ4n) is 1.23. The first-order chi connectivity index (χ1) is 6.49. The van der Waals surface area contributed by atoms with Gasteiger partial charge < -0.3 is 10.5 Å². The Morgan fingerprint density at radius 1 is 1.29 bits per heavy atom. The predicted octanol–water partition coefficient (Wildman–Crippen LogP) is 1.38. The summed E-state index contributed by atoms with van der Waals surface area (Å²) in [6.45, 7) is 5.46. The first-order valence-corrected chi connectivity index (χ1v) is 4.30. The molecule has 0 aliphatic carbocycles. The SMILES string of the molecule is COC(=O)c1nc(C)c(C)c(N)c1C. The lowest BCUT2D eigenvalue weighted by Gasteiger charge is -2.10. The highest BCUT2D eigenvalue weighted by molar-refractivity contribution is 5.90. The average molecular weight is 194 g/mol. The number of carbonyl (C=O) groups excluding carboxylic acids is 1. The maximum atomic E-state index is 11.3. The number of aryl methyl sites for hydroxylation is 1. The highest BCUT2D eigenvalue weighted by Crippen LogP contribution is 2.21. The molecular formula is C10H14N2O2. The monoisotopic (exact) mass is 194 g/mol. The van der Waals surface area contributed by atoms with E-state index in [1.54, 1.807) is 6.92 Å². The molecule has 0 aromatic carbocycles. The van der Waals surface area contributed by atoms with Crippen LogP contribution >= 0.6 is 0 Å². The van der Waals surface area contributed by atoms with E-state index in [-0.39, 0.29) is 0 Å². The summed E-state index contributed by atoms with van der Waals surface area (Å²) in [6.07, 6.45) is 0. The van der Waals surface area contributed by atoms with Crippen LogP contribution in [-0.2, 0) is 4.74 Å². The van der Waals surface area contributed by atoms with Crippen LogP contribution in [0.4, 0.5) is 5.69 Å². The molecule has 0 aliphatic heterocycles. The maximum Gasteiger partial charge on any atom is 0.357 e. The number of nitrogens with two attached hydrogens (primary N) is 1. The third-order valence-electron chi connectivity index (χ3n) is 2.36. The van der Waals surface area contributed by atoms with Crippen LogP contribution < -0.4 is 5.73 Å². The average Bonchev–Trinajstić information content (AvgIpc) is 2.19. The van der Waals surface area contributed by atoms with Gasteiger partial charge in [0.25, 0.3) is 0 Å². The second-order valence-electron chi connectivity index (χ2n) is 3.20. The Balaban J connectivity index is 3.40. The number of rotatable bonds is 1. The molecule has 1 aromatic rings. The smallest absolute Gasteiger partial charge is 0.357 e. The Kier molecular flexibility index (Phi) is 2.74. The second-order valence-corrected chi connectivity index (χ2v) is 3.20. The quantitative estimate of drug-likeness (QED) is 0.686. The summed E-state index contributed by atoms with van der Waals surface area (Å²) in [5.74, 6) is -0.447. The second kappa shape index (κ2) is 3.65. The van der Waals surface area contributed by atoms with E-state index in [4.69, 9.17) is 5.73 Å². The molecule has 0 amide bonds. The van der Waals surface area contributed by atoms with Gasteiger partial charge in [0.2, 0.25) is 0 Å². The van der Waals surface area contributed by atoms with Crippen molar-refractivity contribution in [3.05, 3.63) is 22.5 Å². The Morgan fingerprint density at radius 3 is 2.36 bits per heavy atom. The molecule has 0 saturated heterocycles. The zero-order chi connectivity index (χ0) is 10.9. The first kappa shape index (κ1) is 10.5. The van der Waals surface area contributed by atoms with E-state index in [1.807, 2.05) is 13.8 Å². The molecule has 1 aromatic heterocycles. The van der Waals surface area contributed by atoms with Crippen molar-refractivity contribution in [1.29, 1.82) is 0 Å². The van der Waals surface area contributed by atoms with E-state index in [1.165, 1.54) is 7.11 Å². The number of anilines is 1. The topological polar surface area (TPSA) is 65.2 Å². The molecule has 0 unspecified atom stereocenters. The molecule has 4 heteroatoms. The van der Waals surface area contributed by atoms with Crippen LogP contribution in [0.1, 0.15) is 27.3 Å². The van der Waals surface area contributed by atoms with Crippen molar-refractivity contribution in [3.8, 4) is 0 Å². The number of hydrogen-bond donors (Lipinski definition) is 1. The standard InChI is InChI=1S/C10H14N2O2/c1-5-7(3)12-9(10(13)14-4)6(2)8(5)11/h1-4H3,(H2,11,12). The fraction of sp³-hybridized carbons (Fsp3) is 0.400. The molecule has 4 nitrogen and oxygen atoms in total. The van der Waals surface area contributed by atoms with Crippen LogP contribution in [0.25, 0.3) is 0 Å². The van der Waals surface area contributed by atoms with Crippen LogP contribution in [-0.4, -0.2) is 18.1 Å². The third kappa shape index (κ3) is 1.55. The van der Waals surface area contributed by atoms with Gasteiger partial charge in [-0.25, -0.2) is 9.78 Å². The third-order valence-corrected chi connectivity index (χ3v) is 2.36. The zero-order valence-corrected chi connectivity index (χ0v) is 8.84. The normalized spacial score (nSPS) is 10.0. The van der Waals surface area contributed by atoms with Crippen LogP contribution in [0.2, 0.25) is 0 Å². The number of aromatic nitrogens is 1. The van der Waals surface area contributed by atoms with E-state index in [2.05, 4.69) is 9.72 Å².